The molecule has 1 N–H and O–H groups in total. The van der Waals surface area contributed by atoms with Crippen molar-refractivity contribution in [3.05, 3.63) is 0 Å². The van der Waals surface area contributed by atoms with Gasteiger partial charge in [0.25, 0.3) is 0 Å². The Balaban J connectivity index is 3.44. The molecule has 172 valence electrons. The molecule has 0 rings (SSSR count). The van der Waals surface area contributed by atoms with Crippen molar-refractivity contribution in [3.8, 4) is 0 Å². The van der Waals surface area contributed by atoms with Crippen molar-refractivity contribution in [2.75, 3.05) is 6.61 Å². The van der Waals surface area contributed by atoms with E-state index in [2.05, 4.69) is 19.2 Å². The second kappa shape index (κ2) is 21.6. The van der Waals surface area contributed by atoms with Crippen LogP contribution in [0.1, 0.15) is 136 Å². The molecule has 0 aliphatic carbocycles. The zero-order valence-corrected chi connectivity index (χ0v) is 19.7. The van der Waals surface area contributed by atoms with Crippen LogP contribution in [0, 0.1) is 0 Å². The third kappa shape index (κ3) is 20.0. The highest BCUT2D eigenvalue weighted by Crippen LogP contribution is 2.12. The van der Waals surface area contributed by atoms with Crippen LogP contribution in [0.15, 0.2) is 0 Å². The molecule has 1 unspecified atom stereocenters. The van der Waals surface area contributed by atoms with Gasteiger partial charge in [0.15, 0.2) is 0 Å². The van der Waals surface area contributed by atoms with Crippen molar-refractivity contribution in [1.82, 2.24) is 5.32 Å². The average molecular weight is 412 g/mol. The summed E-state index contributed by atoms with van der Waals surface area (Å²) < 4.78 is 5.30. The largest absolute Gasteiger partial charge is 0.464 e. The SMILES string of the molecule is CCCCCCCCCCCCCCOC(=O)C(C)NC(=O)CCCCCCC. The van der Waals surface area contributed by atoms with E-state index < -0.39 is 6.04 Å². The predicted octanol–water partition coefficient (Wildman–Crippen LogP) is 7.10. The summed E-state index contributed by atoms with van der Waals surface area (Å²) in [5.74, 6) is -0.358. The van der Waals surface area contributed by atoms with Gasteiger partial charge in [0, 0.05) is 6.42 Å². The fourth-order valence-corrected chi connectivity index (χ4v) is 3.50. The van der Waals surface area contributed by atoms with Crippen molar-refractivity contribution in [1.29, 1.82) is 0 Å². The fourth-order valence-electron chi connectivity index (χ4n) is 3.50. The molecule has 1 amide bonds. The van der Waals surface area contributed by atoms with Gasteiger partial charge in [-0.25, -0.2) is 4.79 Å². The van der Waals surface area contributed by atoms with Crippen LogP contribution < -0.4 is 5.32 Å². The maximum absolute atomic E-state index is 12.0. The Bertz CT molecular complexity index is 384. The van der Waals surface area contributed by atoms with Crippen molar-refractivity contribution >= 4 is 11.9 Å². The van der Waals surface area contributed by atoms with Gasteiger partial charge in [-0.3, -0.25) is 4.79 Å². The summed E-state index contributed by atoms with van der Waals surface area (Å²) in [7, 11) is 0. The number of hydrogen-bond donors (Lipinski definition) is 1. The number of rotatable bonds is 21. The number of ether oxygens (including phenoxy) is 1. The lowest BCUT2D eigenvalue weighted by Gasteiger charge is -2.13. The van der Waals surface area contributed by atoms with E-state index in [9.17, 15) is 9.59 Å². The lowest BCUT2D eigenvalue weighted by atomic mass is 10.1. The molecule has 0 saturated carbocycles. The minimum atomic E-state index is -0.546. The average Bonchev–Trinajstić information content (AvgIpc) is 2.71. The van der Waals surface area contributed by atoms with Crippen LogP contribution in [0.3, 0.4) is 0 Å². The van der Waals surface area contributed by atoms with Crippen molar-refractivity contribution in [2.45, 2.75) is 142 Å². The Morgan fingerprint density at radius 1 is 0.655 bits per heavy atom. The monoisotopic (exact) mass is 411 g/mol. The van der Waals surface area contributed by atoms with E-state index >= 15 is 0 Å². The second-order valence-electron chi connectivity index (χ2n) is 8.51. The number of amides is 1. The zero-order valence-electron chi connectivity index (χ0n) is 19.7. The Kier molecular flexibility index (Phi) is 20.9. The molecule has 0 aromatic heterocycles. The maximum atomic E-state index is 12.0. The van der Waals surface area contributed by atoms with E-state index in [0.29, 0.717) is 13.0 Å². The van der Waals surface area contributed by atoms with Gasteiger partial charge in [0.2, 0.25) is 5.91 Å². The van der Waals surface area contributed by atoms with Crippen molar-refractivity contribution in [3.63, 3.8) is 0 Å². The second-order valence-corrected chi connectivity index (χ2v) is 8.51. The molecule has 0 fully saturated rings. The first-order valence-corrected chi connectivity index (χ1v) is 12.6. The topological polar surface area (TPSA) is 55.4 Å². The summed E-state index contributed by atoms with van der Waals surface area (Å²) in [6.07, 6.45) is 21.6. The maximum Gasteiger partial charge on any atom is 0.328 e. The summed E-state index contributed by atoms with van der Waals surface area (Å²) in [5, 5.41) is 2.75. The third-order valence-corrected chi connectivity index (χ3v) is 5.48. The lowest BCUT2D eigenvalue weighted by molar-refractivity contribution is -0.147. The van der Waals surface area contributed by atoms with E-state index in [-0.39, 0.29) is 11.9 Å². The Morgan fingerprint density at radius 2 is 1.07 bits per heavy atom. The highest BCUT2D eigenvalue weighted by molar-refractivity contribution is 5.84. The number of carbonyl (C=O) groups is 2. The van der Waals surface area contributed by atoms with E-state index in [1.54, 1.807) is 6.92 Å². The van der Waals surface area contributed by atoms with Crippen LogP contribution >= 0.6 is 0 Å². The molecular weight excluding hydrogens is 362 g/mol. The smallest absolute Gasteiger partial charge is 0.328 e. The van der Waals surface area contributed by atoms with Gasteiger partial charge in [-0.15, -0.1) is 0 Å². The lowest BCUT2D eigenvalue weighted by Crippen LogP contribution is -2.39. The Labute approximate surface area is 180 Å². The molecule has 0 bridgehead atoms. The van der Waals surface area contributed by atoms with E-state index in [4.69, 9.17) is 4.74 Å². The molecule has 0 saturated heterocycles. The first kappa shape index (κ1) is 27.9. The molecule has 0 radical (unpaired) electrons. The minimum Gasteiger partial charge on any atom is -0.464 e. The molecule has 29 heavy (non-hydrogen) atoms. The van der Waals surface area contributed by atoms with E-state index in [0.717, 1.165) is 25.7 Å². The first-order valence-electron chi connectivity index (χ1n) is 12.6. The van der Waals surface area contributed by atoms with Crippen LogP contribution in [-0.2, 0) is 14.3 Å². The first-order chi connectivity index (χ1) is 14.1. The standard InChI is InChI=1S/C25H49NO3/c1-4-6-8-10-11-12-13-14-15-16-18-20-22-29-25(28)23(3)26-24(27)21-19-17-9-7-5-2/h23H,4-22H2,1-3H3,(H,26,27). The van der Waals surface area contributed by atoms with Crippen LogP contribution in [0.2, 0.25) is 0 Å². The summed E-state index contributed by atoms with van der Waals surface area (Å²) in [6, 6.07) is -0.546. The van der Waals surface area contributed by atoms with Gasteiger partial charge in [-0.05, 0) is 19.8 Å². The number of esters is 1. The van der Waals surface area contributed by atoms with Crippen LogP contribution in [-0.4, -0.2) is 24.5 Å². The molecule has 4 heteroatoms. The summed E-state index contributed by atoms with van der Waals surface area (Å²) >= 11 is 0. The molecule has 4 nitrogen and oxygen atoms in total. The molecular formula is C25H49NO3. The van der Waals surface area contributed by atoms with Crippen LogP contribution in [0.5, 0.6) is 0 Å². The Hall–Kier alpha value is -1.06. The molecule has 0 heterocycles. The molecule has 0 aromatic carbocycles. The van der Waals surface area contributed by atoms with Gasteiger partial charge in [0.05, 0.1) is 6.61 Å². The highest BCUT2D eigenvalue weighted by atomic mass is 16.5. The van der Waals surface area contributed by atoms with Crippen molar-refractivity contribution < 1.29 is 14.3 Å². The van der Waals surface area contributed by atoms with Gasteiger partial charge < -0.3 is 10.1 Å². The molecule has 0 aliphatic heterocycles. The molecule has 1 atom stereocenters. The van der Waals surface area contributed by atoms with Crippen LogP contribution in [0.25, 0.3) is 0 Å². The zero-order chi connectivity index (χ0) is 21.6. The summed E-state index contributed by atoms with van der Waals surface area (Å²) in [6.45, 7) is 6.61. The van der Waals surface area contributed by atoms with Gasteiger partial charge >= 0.3 is 5.97 Å². The normalized spacial score (nSPS) is 12.0. The van der Waals surface area contributed by atoms with E-state index in [1.807, 2.05) is 0 Å². The Morgan fingerprint density at radius 3 is 1.55 bits per heavy atom. The van der Waals surface area contributed by atoms with Gasteiger partial charge in [0.1, 0.15) is 6.04 Å². The number of hydrogen-bond acceptors (Lipinski definition) is 3. The van der Waals surface area contributed by atoms with Gasteiger partial charge in [-0.2, -0.15) is 0 Å². The van der Waals surface area contributed by atoms with Crippen LogP contribution in [0.4, 0.5) is 0 Å². The quantitative estimate of drug-likeness (QED) is 0.162. The number of nitrogens with one attached hydrogen (secondary N) is 1. The third-order valence-electron chi connectivity index (χ3n) is 5.48. The fraction of sp³-hybridized carbons (Fsp3) is 0.920. The van der Waals surface area contributed by atoms with E-state index in [1.165, 1.54) is 83.5 Å². The molecule has 0 spiro atoms. The molecule has 0 aliphatic rings. The number of carbonyl (C=O) groups excluding carboxylic acids is 2. The molecule has 0 aromatic rings. The minimum absolute atomic E-state index is 0.0451. The van der Waals surface area contributed by atoms with Gasteiger partial charge in [-0.1, -0.05) is 110 Å². The number of unbranched alkanes of at least 4 members (excludes halogenated alkanes) is 15. The summed E-state index contributed by atoms with van der Waals surface area (Å²) in [4.78, 5) is 23.8. The van der Waals surface area contributed by atoms with Crippen molar-refractivity contribution in [2.24, 2.45) is 0 Å². The summed E-state index contributed by atoms with van der Waals surface area (Å²) in [5.41, 5.74) is 0. The highest BCUT2D eigenvalue weighted by Gasteiger charge is 2.16. The predicted molar refractivity (Wildman–Crippen MR) is 123 cm³/mol.